The fourth-order valence-electron chi connectivity index (χ4n) is 1.35. The lowest BCUT2D eigenvalue weighted by Gasteiger charge is -2.04. The Morgan fingerprint density at radius 3 is 2.89 bits per heavy atom. The Labute approximate surface area is 114 Å². The third-order valence-electron chi connectivity index (χ3n) is 2.26. The van der Waals surface area contributed by atoms with Crippen LogP contribution in [-0.4, -0.2) is 11.0 Å². The Bertz CT molecular complexity index is 511. The van der Waals surface area contributed by atoms with Crippen molar-refractivity contribution in [2.45, 2.75) is 26.4 Å². The Hall–Kier alpha value is -1.33. The van der Waals surface area contributed by atoms with E-state index in [0.717, 1.165) is 10.2 Å². The van der Waals surface area contributed by atoms with Gasteiger partial charge in [0.25, 0.3) is 0 Å². The molecule has 0 bridgehead atoms. The SMILES string of the molecule is CC(C)NCc1coc(Oc2ccccc2Br)n1. The number of halogens is 1. The fourth-order valence-corrected chi connectivity index (χ4v) is 1.71. The predicted octanol–water partition coefficient (Wildman–Crippen LogP) is 3.73. The van der Waals surface area contributed by atoms with E-state index in [1.807, 2.05) is 24.3 Å². The van der Waals surface area contributed by atoms with Gasteiger partial charge in [-0.05, 0) is 28.1 Å². The minimum Gasteiger partial charge on any atom is -0.417 e. The van der Waals surface area contributed by atoms with Gasteiger partial charge in [0.15, 0.2) is 0 Å². The van der Waals surface area contributed by atoms with Gasteiger partial charge in [-0.3, -0.25) is 0 Å². The van der Waals surface area contributed by atoms with Gasteiger partial charge in [0.05, 0.1) is 10.2 Å². The van der Waals surface area contributed by atoms with Gasteiger partial charge < -0.3 is 14.5 Å². The standard InChI is InChI=1S/C13H15BrN2O2/c1-9(2)15-7-10-8-17-13(16-10)18-12-6-4-3-5-11(12)14/h3-6,8-9,15H,7H2,1-2H3. The van der Waals surface area contributed by atoms with E-state index in [9.17, 15) is 0 Å². The topological polar surface area (TPSA) is 47.3 Å². The highest BCUT2D eigenvalue weighted by atomic mass is 79.9. The zero-order valence-electron chi connectivity index (χ0n) is 10.3. The van der Waals surface area contributed by atoms with Crippen molar-refractivity contribution in [3.8, 4) is 11.8 Å². The molecule has 0 atom stereocenters. The summed E-state index contributed by atoms with van der Waals surface area (Å²) in [4.78, 5) is 4.25. The molecular formula is C13H15BrN2O2. The van der Waals surface area contributed by atoms with Crippen LogP contribution in [0.5, 0.6) is 11.8 Å². The molecule has 1 N–H and O–H groups in total. The van der Waals surface area contributed by atoms with E-state index >= 15 is 0 Å². The van der Waals surface area contributed by atoms with Crippen molar-refractivity contribution in [3.05, 3.63) is 40.7 Å². The molecular weight excluding hydrogens is 296 g/mol. The summed E-state index contributed by atoms with van der Waals surface area (Å²) in [6, 6.07) is 7.98. The van der Waals surface area contributed by atoms with E-state index in [1.54, 1.807) is 6.26 Å². The summed E-state index contributed by atoms with van der Waals surface area (Å²) >= 11 is 3.40. The molecule has 0 fully saturated rings. The summed E-state index contributed by atoms with van der Waals surface area (Å²) in [5.41, 5.74) is 0.825. The highest BCUT2D eigenvalue weighted by Gasteiger charge is 2.08. The number of nitrogens with one attached hydrogen (secondary N) is 1. The first-order valence-electron chi connectivity index (χ1n) is 5.75. The molecule has 18 heavy (non-hydrogen) atoms. The Balaban J connectivity index is 2.00. The van der Waals surface area contributed by atoms with Crippen LogP contribution in [-0.2, 0) is 6.54 Å². The van der Waals surface area contributed by atoms with E-state index in [1.165, 1.54) is 0 Å². The van der Waals surface area contributed by atoms with Crippen molar-refractivity contribution in [1.82, 2.24) is 10.3 Å². The first kappa shape index (κ1) is 13.1. The van der Waals surface area contributed by atoms with E-state index in [4.69, 9.17) is 9.15 Å². The Morgan fingerprint density at radius 2 is 2.17 bits per heavy atom. The first-order chi connectivity index (χ1) is 8.65. The maximum atomic E-state index is 5.54. The smallest absolute Gasteiger partial charge is 0.399 e. The van der Waals surface area contributed by atoms with Gasteiger partial charge >= 0.3 is 6.08 Å². The number of aromatic nitrogens is 1. The van der Waals surface area contributed by atoms with E-state index < -0.39 is 0 Å². The molecule has 0 spiro atoms. The van der Waals surface area contributed by atoms with Crippen LogP contribution in [0.4, 0.5) is 0 Å². The number of para-hydroxylation sites is 1. The summed E-state index contributed by atoms with van der Waals surface area (Å²) < 4.78 is 11.7. The maximum Gasteiger partial charge on any atom is 0.399 e. The molecule has 0 aliphatic rings. The molecule has 2 rings (SSSR count). The molecule has 0 saturated carbocycles. The largest absolute Gasteiger partial charge is 0.417 e. The quantitative estimate of drug-likeness (QED) is 0.914. The fraction of sp³-hybridized carbons (Fsp3) is 0.308. The number of rotatable bonds is 5. The number of nitrogens with zero attached hydrogens (tertiary/aromatic N) is 1. The summed E-state index contributed by atoms with van der Waals surface area (Å²) in [6.07, 6.45) is 1.85. The Kier molecular flexibility index (Phi) is 4.38. The highest BCUT2D eigenvalue weighted by molar-refractivity contribution is 9.10. The van der Waals surface area contributed by atoms with Crippen LogP contribution in [0.1, 0.15) is 19.5 Å². The van der Waals surface area contributed by atoms with Crippen molar-refractivity contribution in [1.29, 1.82) is 0 Å². The van der Waals surface area contributed by atoms with Crippen LogP contribution >= 0.6 is 15.9 Å². The molecule has 1 aromatic carbocycles. The second kappa shape index (κ2) is 6.02. The van der Waals surface area contributed by atoms with E-state index in [2.05, 4.69) is 40.1 Å². The van der Waals surface area contributed by atoms with E-state index in [0.29, 0.717) is 18.3 Å². The summed E-state index contributed by atoms with van der Waals surface area (Å²) in [6.45, 7) is 4.83. The minimum absolute atomic E-state index is 0.252. The molecule has 96 valence electrons. The van der Waals surface area contributed by atoms with Crippen molar-refractivity contribution < 1.29 is 9.15 Å². The molecule has 0 radical (unpaired) electrons. The van der Waals surface area contributed by atoms with Crippen molar-refractivity contribution >= 4 is 15.9 Å². The maximum absolute atomic E-state index is 5.54. The van der Waals surface area contributed by atoms with Crippen LogP contribution in [0.15, 0.2) is 39.4 Å². The number of hydrogen-bond acceptors (Lipinski definition) is 4. The van der Waals surface area contributed by atoms with Gasteiger partial charge in [-0.15, -0.1) is 0 Å². The molecule has 4 nitrogen and oxygen atoms in total. The van der Waals surface area contributed by atoms with Gasteiger partial charge in [0, 0.05) is 12.6 Å². The zero-order valence-corrected chi connectivity index (χ0v) is 11.9. The molecule has 0 amide bonds. The monoisotopic (exact) mass is 310 g/mol. The molecule has 2 aromatic rings. The van der Waals surface area contributed by atoms with Crippen LogP contribution in [0.3, 0.4) is 0 Å². The number of oxazole rings is 1. The molecule has 0 aliphatic heterocycles. The predicted molar refractivity (Wildman–Crippen MR) is 72.7 cm³/mol. The third-order valence-corrected chi connectivity index (χ3v) is 2.91. The molecule has 0 saturated heterocycles. The zero-order chi connectivity index (χ0) is 13.0. The van der Waals surface area contributed by atoms with Crippen molar-refractivity contribution in [3.63, 3.8) is 0 Å². The van der Waals surface area contributed by atoms with Gasteiger partial charge in [-0.2, -0.15) is 4.98 Å². The van der Waals surface area contributed by atoms with Crippen LogP contribution < -0.4 is 10.1 Å². The average molecular weight is 311 g/mol. The van der Waals surface area contributed by atoms with Crippen LogP contribution in [0.25, 0.3) is 0 Å². The number of benzene rings is 1. The molecule has 5 heteroatoms. The lowest BCUT2D eigenvalue weighted by atomic mass is 10.3. The van der Waals surface area contributed by atoms with Gasteiger partial charge in [0.1, 0.15) is 12.0 Å². The van der Waals surface area contributed by atoms with Gasteiger partial charge in [-0.1, -0.05) is 26.0 Å². The first-order valence-corrected chi connectivity index (χ1v) is 6.54. The van der Waals surface area contributed by atoms with Crippen molar-refractivity contribution in [2.75, 3.05) is 0 Å². The lowest BCUT2D eigenvalue weighted by Crippen LogP contribution is -2.21. The van der Waals surface area contributed by atoms with E-state index in [-0.39, 0.29) is 6.08 Å². The normalized spacial score (nSPS) is 10.9. The number of ether oxygens (including phenoxy) is 1. The van der Waals surface area contributed by atoms with Gasteiger partial charge in [-0.25, -0.2) is 0 Å². The summed E-state index contributed by atoms with van der Waals surface area (Å²) in [5, 5.41) is 3.26. The van der Waals surface area contributed by atoms with Gasteiger partial charge in [0.2, 0.25) is 0 Å². The summed E-state index contributed by atoms with van der Waals surface area (Å²) in [5.74, 6) is 0.683. The summed E-state index contributed by atoms with van der Waals surface area (Å²) in [7, 11) is 0. The molecule has 1 heterocycles. The highest BCUT2D eigenvalue weighted by Crippen LogP contribution is 2.28. The third kappa shape index (κ3) is 3.58. The second-order valence-electron chi connectivity index (χ2n) is 4.17. The minimum atomic E-state index is 0.252. The van der Waals surface area contributed by atoms with Crippen LogP contribution in [0, 0.1) is 0 Å². The second-order valence-corrected chi connectivity index (χ2v) is 5.03. The lowest BCUT2D eigenvalue weighted by molar-refractivity contribution is 0.329. The van der Waals surface area contributed by atoms with Crippen molar-refractivity contribution in [2.24, 2.45) is 0 Å². The number of hydrogen-bond donors (Lipinski definition) is 1. The molecule has 0 aliphatic carbocycles. The Morgan fingerprint density at radius 1 is 1.39 bits per heavy atom. The molecule has 0 unspecified atom stereocenters. The molecule has 1 aromatic heterocycles. The average Bonchev–Trinajstić information content (AvgIpc) is 2.77. The van der Waals surface area contributed by atoms with Crippen LogP contribution in [0.2, 0.25) is 0 Å².